The van der Waals surface area contributed by atoms with Crippen molar-refractivity contribution in [3.05, 3.63) is 14.7 Å². The first-order valence-corrected chi connectivity index (χ1v) is 9.22. The molecule has 0 saturated carbocycles. The third-order valence-electron chi connectivity index (χ3n) is 2.94. The average Bonchev–Trinajstić information content (AvgIpc) is 2.58. The van der Waals surface area contributed by atoms with E-state index in [9.17, 15) is 8.42 Å². The normalized spacial score (nSPS) is 15.6. The van der Waals surface area contributed by atoms with Crippen LogP contribution in [0.25, 0.3) is 0 Å². The molecule has 0 aliphatic heterocycles. The van der Waals surface area contributed by atoms with Crippen molar-refractivity contribution in [3.63, 3.8) is 0 Å². The van der Waals surface area contributed by atoms with Crippen molar-refractivity contribution in [2.45, 2.75) is 44.0 Å². The zero-order chi connectivity index (χ0) is 14.0. The van der Waals surface area contributed by atoms with Crippen molar-refractivity contribution < 1.29 is 8.42 Å². The SMILES string of the molecule is CCC(C)(CCCl)NS(=O)(=O)c1cc(Br)sc1C. The van der Waals surface area contributed by atoms with E-state index in [0.717, 1.165) is 8.66 Å². The first-order valence-electron chi connectivity index (χ1n) is 5.60. The summed E-state index contributed by atoms with van der Waals surface area (Å²) in [6.45, 7) is 5.63. The van der Waals surface area contributed by atoms with Gasteiger partial charge in [0.05, 0.1) is 8.68 Å². The first-order chi connectivity index (χ1) is 8.24. The molecule has 1 unspecified atom stereocenters. The molecule has 1 heterocycles. The molecule has 7 heteroatoms. The van der Waals surface area contributed by atoms with Gasteiger partial charge in [-0.3, -0.25) is 0 Å². The molecule has 0 aliphatic carbocycles. The average molecular weight is 375 g/mol. The monoisotopic (exact) mass is 373 g/mol. The van der Waals surface area contributed by atoms with Gasteiger partial charge in [0, 0.05) is 16.3 Å². The molecule has 1 rings (SSSR count). The van der Waals surface area contributed by atoms with E-state index < -0.39 is 15.6 Å². The van der Waals surface area contributed by atoms with Crippen molar-refractivity contribution in [2.24, 2.45) is 0 Å². The molecule has 0 aromatic carbocycles. The van der Waals surface area contributed by atoms with Gasteiger partial charge in [0.25, 0.3) is 0 Å². The van der Waals surface area contributed by atoms with Crippen molar-refractivity contribution in [1.29, 1.82) is 0 Å². The van der Waals surface area contributed by atoms with Gasteiger partial charge < -0.3 is 0 Å². The standard InChI is InChI=1S/C11H17BrClNO2S2/c1-4-11(3,5-6-13)14-18(15,16)9-7-10(12)17-8(9)2/h7,14H,4-6H2,1-3H3. The van der Waals surface area contributed by atoms with Crippen molar-refractivity contribution in [2.75, 3.05) is 5.88 Å². The van der Waals surface area contributed by atoms with Crippen LogP contribution in [0, 0.1) is 6.92 Å². The molecule has 1 aromatic rings. The summed E-state index contributed by atoms with van der Waals surface area (Å²) in [6.07, 6.45) is 1.30. The lowest BCUT2D eigenvalue weighted by atomic mass is 9.97. The molecule has 1 aromatic heterocycles. The number of hydrogen-bond donors (Lipinski definition) is 1. The zero-order valence-corrected chi connectivity index (χ0v) is 14.6. The number of hydrogen-bond acceptors (Lipinski definition) is 3. The van der Waals surface area contributed by atoms with Gasteiger partial charge in [-0.2, -0.15) is 0 Å². The Morgan fingerprint density at radius 2 is 2.17 bits per heavy atom. The van der Waals surface area contributed by atoms with E-state index in [1.807, 2.05) is 13.8 Å². The Bertz CT molecular complexity index is 515. The van der Waals surface area contributed by atoms with Gasteiger partial charge in [-0.15, -0.1) is 22.9 Å². The first kappa shape index (κ1) is 16.4. The van der Waals surface area contributed by atoms with Crippen LogP contribution in [0.2, 0.25) is 0 Å². The number of halogens is 2. The maximum absolute atomic E-state index is 12.3. The van der Waals surface area contributed by atoms with E-state index in [-0.39, 0.29) is 0 Å². The molecule has 1 N–H and O–H groups in total. The summed E-state index contributed by atoms with van der Waals surface area (Å²) in [4.78, 5) is 1.12. The summed E-state index contributed by atoms with van der Waals surface area (Å²) < 4.78 is 28.3. The fourth-order valence-electron chi connectivity index (χ4n) is 1.59. The summed E-state index contributed by atoms with van der Waals surface area (Å²) in [5.74, 6) is 0.430. The van der Waals surface area contributed by atoms with E-state index >= 15 is 0 Å². The maximum Gasteiger partial charge on any atom is 0.242 e. The Labute approximate surface area is 126 Å². The number of alkyl halides is 1. The van der Waals surface area contributed by atoms with Crippen LogP contribution >= 0.6 is 38.9 Å². The minimum Gasteiger partial charge on any atom is -0.207 e. The molecule has 0 aliphatic rings. The second-order valence-electron chi connectivity index (χ2n) is 4.43. The minimum atomic E-state index is -3.49. The van der Waals surface area contributed by atoms with E-state index in [2.05, 4.69) is 20.7 Å². The lowest BCUT2D eigenvalue weighted by Crippen LogP contribution is -2.45. The molecule has 104 valence electrons. The highest BCUT2D eigenvalue weighted by atomic mass is 79.9. The molecule has 0 saturated heterocycles. The molecule has 18 heavy (non-hydrogen) atoms. The largest absolute Gasteiger partial charge is 0.242 e. The van der Waals surface area contributed by atoms with Crippen LogP contribution in [0.4, 0.5) is 0 Å². The maximum atomic E-state index is 12.3. The van der Waals surface area contributed by atoms with Crippen molar-refractivity contribution in [1.82, 2.24) is 4.72 Å². The summed E-state index contributed by atoms with van der Waals surface area (Å²) in [6, 6.07) is 1.64. The van der Waals surface area contributed by atoms with E-state index in [1.165, 1.54) is 11.3 Å². The van der Waals surface area contributed by atoms with Gasteiger partial charge in [0.1, 0.15) is 0 Å². The Balaban J connectivity index is 3.05. The summed E-state index contributed by atoms with van der Waals surface area (Å²) in [5, 5.41) is 0. The summed E-state index contributed by atoms with van der Waals surface area (Å²) in [5.41, 5.74) is -0.499. The predicted octanol–water partition coefficient (Wildman–Crippen LogP) is 3.89. The van der Waals surface area contributed by atoms with Crippen molar-refractivity contribution >= 4 is 48.9 Å². The molecule has 3 nitrogen and oxygen atoms in total. The molecule has 1 atom stereocenters. The zero-order valence-electron chi connectivity index (χ0n) is 10.6. The molecule has 0 amide bonds. The second-order valence-corrected chi connectivity index (χ2v) is 9.09. The number of aryl methyl sites for hydroxylation is 1. The van der Waals surface area contributed by atoms with Gasteiger partial charge >= 0.3 is 0 Å². The topological polar surface area (TPSA) is 46.2 Å². The van der Waals surface area contributed by atoms with Crippen LogP contribution in [0.1, 0.15) is 31.6 Å². The fraction of sp³-hybridized carbons (Fsp3) is 0.636. The fourth-order valence-corrected chi connectivity index (χ4v) is 5.93. The highest BCUT2D eigenvalue weighted by Crippen LogP contribution is 2.30. The second kappa shape index (κ2) is 6.22. The highest BCUT2D eigenvalue weighted by molar-refractivity contribution is 9.11. The Kier molecular flexibility index (Phi) is 5.68. The van der Waals surface area contributed by atoms with E-state index in [4.69, 9.17) is 11.6 Å². The van der Waals surface area contributed by atoms with Gasteiger partial charge in [-0.1, -0.05) is 6.92 Å². The molecular weight excluding hydrogens is 358 g/mol. The number of thiophene rings is 1. The number of nitrogens with one attached hydrogen (secondary N) is 1. The third kappa shape index (κ3) is 3.93. The van der Waals surface area contributed by atoms with Gasteiger partial charge in [-0.25, -0.2) is 13.1 Å². The summed E-state index contributed by atoms with van der Waals surface area (Å²) in [7, 11) is -3.49. The molecular formula is C11H17BrClNO2S2. The van der Waals surface area contributed by atoms with Crippen LogP contribution in [0.5, 0.6) is 0 Å². The van der Waals surface area contributed by atoms with Crippen LogP contribution < -0.4 is 4.72 Å². The summed E-state index contributed by atoms with van der Waals surface area (Å²) >= 11 is 10.5. The lowest BCUT2D eigenvalue weighted by molar-refractivity contribution is 0.390. The Hall–Kier alpha value is 0.380. The van der Waals surface area contributed by atoms with E-state index in [0.29, 0.717) is 23.6 Å². The molecule has 0 spiro atoms. The minimum absolute atomic E-state index is 0.341. The Morgan fingerprint density at radius 3 is 2.56 bits per heavy atom. The molecule has 0 radical (unpaired) electrons. The van der Waals surface area contributed by atoms with Crippen LogP contribution in [0.3, 0.4) is 0 Å². The quantitative estimate of drug-likeness (QED) is 0.768. The predicted molar refractivity (Wildman–Crippen MR) is 81.1 cm³/mol. The third-order valence-corrected chi connectivity index (χ3v) is 6.58. The van der Waals surface area contributed by atoms with Crippen LogP contribution in [0.15, 0.2) is 14.7 Å². The van der Waals surface area contributed by atoms with E-state index in [1.54, 1.807) is 13.0 Å². The number of sulfonamides is 1. The smallest absolute Gasteiger partial charge is 0.207 e. The molecule has 0 bridgehead atoms. The number of rotatable bonds is 6. The van der Waals surface area contributed by atoms with Gasteiger partial charge in [-0.05, 0) is 48.7 Å². The lowest BCUT2D eigenvalue weighted by Gasteiger charge is -2.28. The highest BCUT2D eigenvalue weighted by Gasteiger charge is 2.30. The van der Waals surface area contributed by atoms with Gasteiger partial charge in [0.15, 0.2) is 0 Å². The Morgan fingerprint density at radius 1 is 1.56 bits per heavy atom. The van der Waals surface area contributed by atoms with Crippen LogP contribution in [-0.2, 0) is 10.0 Å². The molecule has 0 fully saturated rings. The van der Waals surface area contributed by atoms with Crippen LogP contribution in [-0.4, -0.2) is 19.8 Å². The van der Waals surface area contributed by atoms with Crippen molar-refractivity contribution in [3.8, 4) is 0 Å². The van der Waals surface area contributed by atoms with Gasteiger partial charge in [0.2, 0.25) is 10.0 Å².